The molecule has 0 aliphatic rings. The highest BCUT2D eigenvalue weighted by Gasteiger charge is 2.14. The second-order valence-electron chi connectivity index (χ2n) is 4.77. The first-order valence-electron chi connectivity index (χ1n) is 5.95. The first kappa shape index (κ1) is 13.7. The molecule has 1 unspecified atom stereocenters. The fourth-order valence-electron chi connectivity index (χ4n) is 1.57. The Hall–Kier alpha value is -1.36. The Morgan fingerprint density at radius 1 is 1.35 bits per heavy atom. The molecule has 17 heavy (non-hydrogen) atoms. The van der Waals surface area contributed by atoms with Gasteiger partial charge in [-0.15, -0.1) is 0 Å². The third-order valence-electron chi connectivity index (χ3n) is 2.58. The first-order valence-corrected chi connectivity index (χ1v) is 5.95. The van der Waals surface area contributed by atoms with Gasteiger partial charge in [0.05, 0.1) is 0 Å². The van der Waals surface area contributed by atoms with Gasteiger partial charge < -0.3 is 15.5 Å². The number of nitrogens with zero attached hydrogens (tertiary/aromatic N) is 3. The molecule has 0 bridgehead atoms. The molecule has 0 radical (unpaired) electrons. The van der Waals surface area contributed by atoms with Crippen molar-refractivity contribution in [3.05, 3.63) is 12.3 Å². The summed E-state index contributed by atoms with van der Waals surface area (Å²) in [6, 6.07) is 2.27. The maximum absolute atomic E-state index is 4.37. The van der Waals surface area contributed by atoms with Crippen molar-refractivity contribution < 1.29 is 0 Å². The van der Waals surface area contributed by atoms with E-state index in [9.17, 15) is 0 Å². The zero-order valence-corrected chi connectivity index (χ0v) is 11.4. The lowest BCUT2D eigenvalue weighted by Crippen LogP contribution is -2.36. The van der Waals surface area contributed by atoms with Crippen LogP contribution >= 0.6 is 0 Å². The standard InChI is InChI=1S/C12H23N5/c1-9(2)10(8-17(4)5)15-11-6-7-14-12(13-3)16-11/h6-7,9-10H,8H2,1-5H3,(H2,13,14,15,16). The largest absolute Gasteiger partial charge is 0.366 e. The molecule has 0 amide bonds. The van der Waals surface area contributed by atoms with Crippen LogP contribution in [0.3, 0.4) is 0 Å². The fraction of sp³-hybridized carbons (Fsp3) is 0.667. The summed E-state index contributed by atoms with van der Waals surface area (Å²) in [5, 5.41) is 6.39. The number of hydrogen-bond donors (Lipinski definition) is 2. The van der Waals surface area contributed by atoms with Crippen LogP contribution in [-0.2, 0) is 0 Å². The van der Waals surface area contributed by atoms with Gasteiger partial charge in [0.1, 0.15) is 5.82 Å². The van der Waals surface area contributed by atoms with E-state index in [1.165, 1.54) is 0 Å². The minimum Gasteiger partial charge on any atom is -0.366 e. The van der Waals surface area contributed by atoms with Crippen LogP contribution < -0.4 is 10.6 Å². The normalized spacial score (nSPS) is 12.9. The summed E-state index contributed by atoms with van der Waals surface area (Å²) in [5.41, 5.74) is 0. The Bertz CT molecular complexity index is 337. The van der Waals surface area contributed by atoms with E-state index in [0.717, 1.165) is 12.4 Å². The molecule has 0 saturated heterocycles. The Kier molecular flexibility index (Phi) is 5.15. The fourth-order valence-corrected chi connectivity index (χ4v) is 1.57. The highest BCUT2D eigenvalue weighted by atomic mass is 15.2. The average molecular weight is 237 g/mol. The van der Waals surface area contributed by atoms with Gasteiger partial charge in [-0.05, 0) is 26.1 Å². The van der Waals surface area contributed by atoms with Crippen molar-refractivity contribution in [3.63, 3.8) is 0 Å². The van der Waals surface area contributed by atoms with E-state index in [0.29, 0.717) is 17.9 Å². The monoisotopic (exact) mass is 237 g/mol. The van der Waals surface area contributed by atoms with Crippen LogP contribution in [0.2, 0.25) is 0 Å². The van der Waals surface area contributed by atoms with E-state index in [1.54, 1.807) is 6.20 Å². The van der Waals surface area contributed by atoms with Gasteiger partial charge in [0.2, 0.25) is 5.95 Å². The van der Waals surface area contributed by atoms with Crippen LogP contribution in [0, 0.1) is 5.92 Å². The lowest BCUT2D eigenvalue weighted by molar-refractivity contribution is 0.344. The van der Waals surface area contributed by atoms with Crippen molar-refractivity contribution in [1.29, 1.82) is 0 Å². The third kappa shape index (κ3) is 4.56. The number of aromatic nitrogens is 2. The van der Waals surface area contributed by atoms with Crippen LogP contribution in [0.25, 0.3) is 0 Å². The smallest absolute Gasteiger partial charge is 0.224 e. The molecule has 5 heteroatoms. The molecular weight excluding hydrogens is 214 g/mol. The molecule has 1 aromatic rings. The van der Waals surface area contributed by atoms with Crippen molar-refractivity contribution >= 4 is 11.8 Å². The minimum atomic E-state index is 0.379. The second kappa shape index (κ2) is 6.39. The molecular formula is C12H23N5. The molecule has 0 spiro atoms. The lowest BCUT2D eigenvalue weighted by Gasteiger charge is -2.26. The van der Waals surface area contributed by atoms with Crippen molar-refractivity contribution in [2.75, 3.05) is 38.3 Å². The van der Waals surface area contributed by atoms with Crippen LogP contribution in [-0.4, -0.2) is 48.6 Å². The molecule has 0 aliphatic carbocycles. The zero-order valence-electron chi connectivity index (χ0n) is 11.4. The van der Waals surface area contributed by atoms with E-state index >= 15 is 0 Å². The van der Waals surface area contributed by atoms with Gasteiger partial charge in [-0.3, -0.25) is 0 Å². The maximum atomic E-state index is 4.37. The van der Waals surface area contributed by atoms with Gasteiger partial charge in [0, 0.05) is 25.8 Å². The lowest BCUT2D eigenvalue weighted by atomic mass is 10.0. The minimum absolute atomic E-state index is 0.379. The molecule has 0 fully saturated rings. The van der Waals surface area contributed by atoms with Gasteiger partial charge >= 0.3 is 0 Å². The predicted molar refractivity (Wildman–Crippen MR) is 72.4 cm³/mol. The quantitative estimate of drug-likeness (QED) is 0.785. The number of likely N-dealkylation sites (N-methyl/N-ethyl adjacent to an activating group) is 1. The highest BCUT2D eigenvalue weighted by Crippen LogP contribution is 2.12. The second-order valence-corrected chi connectivity index (χ2v) is 4.77. The topological polar surface area (TPSA) is 53.1 Å². The first-order chi connectivity index (χ1) is 8.02. The van der Waals surface area contributed by atoms with Gasteiger partial charge in [-0.25, -0.2) is 4.98 Å². The van der Waals surface area contributed by atoms with Crippen molar-refractivity contribution in [2.24, 2.45) is 5.92 Å². The van der Waals surface area contributed by atoms with Gasteiger partial charge in [-0.2, -0.15) is 4.98 Å². The van der Waals surface area contributed by atoms with E-state index in [-0.39, 0.29) is 0 Å². The van der Waals surface area contributed by atoms with Gasteiger partial charge in [0.15, 0.2) is 0 Å². The molecule has 96 valence electrons. The number of rotatable bonds is 6. The van der Waals surface area contributed by atoms with E-state index in [4.69, 9.17) is 0 Å². The van der Waals surface area contributed by atoms with E-state index in [2.05, 4.69) is 53.4 Å². The van der Waals surface area contributed by atoms with Crippen LogP contribution in [0.1, 0.15) is 13.8 Å². The van der Waals surface area contributed by atoms with Crippen LogP contribution in [0.4, 0.5) is 11.8 Å². The molecule has 1 aromatic heterocycles. The Morgan fingerprint density at radius 3 is 2.59 bits per heavy atom. The summed E-state index contributed by atoms with van der Waals surface area (Å²) >= 11 is 0. The van der Waals surface area contributed by atoms with Gasteiger partial charge in [0.25, 0.3) is 0 Å². The number of hydrogen-bond acceptors (Lipinski definition) is 5. The molecule has 0 aliphatic heterocycles. The SMILES string of the molecule is CNc1nccc(NC(CN(C)C)C(C)C)n1. The Morgan fingerprint density at radius 2 is 2.06 bits per heavy atom. The molecule has 0 aromatic carbocycles. The van der Waals surface area contributed by atoms with E-state index in [1.807, 2.05) is 13.1 Å². The van der Waals surface area contributed by atoms with Crippen molar-refractivity contribution in [1.82, 2.24) is 14.9 Å². The molecule has 2 N–H and O–H groups in total. The van der Waals surface area contributed by atoms with Crippen molar-refractivity contribution in [3.8, 4) is 0 Å². The number of nitrogens with one attached hydrogen (secondary N) is 2. The zero-order chi connectivity index (χ0) is 12.8. The average Bonchev–Trinajstić information content (AvgIpc) is 2.27. The molecule has 1 rings (SSSR count). The Labute approximate surface area is 104 Å². The molecule has 1 atom stereocenters. The van der Waals surface area contributed by atoms with E-state index < -0.39 is 0 Å². The highest BCUT2D eigenvalue weighted by molar-refractivity contribution is 5.40. The molecule has 0 saturated carbocycles. The predicted octanol–water partition coefficient (Wildman–Crippen LogP) is 1.52. The van der Waals surface area contributed by atoms with Crippen molar-refractivity contribution in [2.45, 2.75) is 19.9 Å². The summed E-state index contributed by atoms with van der Waals surface area (Å²) in [5.74, 6) is 2.05. The summed E-state index contributed by atoms with van der Waals surface area (Å²) in [6.45, 7) is 5.40. The summed E-state index contributed by atoms with van der Waals surface area (Å²) in [6.07, 6.45) is 1.76. The summed E-state index contributed by atoms with van der Waals surface area (Å²) in [4.78, 5) is 10.6. The third-order valence-corrected chi connectivity index (χ3v) is 2.58. The van der Waals surface area contributed by atoms with Gasteiger partial charge in [-0.1, -0.05) is 13.8 Å². The van der Waals surface area contributed by atoms with Crippen LogP contribution in [0.15, 0.2) is 12.3 Å². The summed E-state index contributed by atoms with van der Waals surface area (Å²) < 4.78 is 0. The van der Waals surface area contributed by atoms with Crippen LogP contribution in [0.5, 0.6) is 0 Å². The maximum Gasteiger partial charge on any atom is 0.224 e. The number of anilines is 2. The Balaban J connectivity index is 2.71. The summed E-state index contributed by atoms with van der Waals surface area (Å²) in [7, 11) is 5.98. The molecule has 1 heterocycles. The molecule has 5 nitrogen and oxygen atoms in total.